The summed E-state index contributed by atoms with van der Waals surface area (Å²) in [5.41, 5.74) is 0. The molecule has 1 fully saturated rings. The van der Waals surface area contributed by atoms with Gasteiger partial charge in [0.15, 0.2) is 0 Å². The molecule has 0 aliphatic carbocycles. The first-order valence-electron chi connectivity index (χ1n) is 9.48. The van der Waals surface area contributed by atoms with Crippen molar-refractivity contribution in [1.82, 2.24) is 9.62 Å². The fourth-order valence-corrected chi connectivity index (χ4v) is 5.53. The molecule has 152 valence electrons. The summed E-state index contributed by atoms with van der Waals surface area (Å²) in [6, 6.07) is 10.4. The van der Waals surface area contributed by atoms with E-state index in [1.165, 1.54) is 4.31 Å². The number of piperidine rings is 1. The first kappa shape index (κ1) is 20.8. The summed E-state index contributed by atoms with van der Waals surface area (Å²) < 4.78 is 32.5. The molecular weight excluding hydrogens is 396 g/mol. The molecule has 0 bridgehead atoms. The Morgan fingerprint density at radius 3 is 2.50 bits per heavy atom. The number of benzene rings is 1. The van der Waals surface area contributed by atoms with Crippen molar-refractivity contribution in [1.29, 1.82) is 0 Å². The van der Waals surface area contributed by atoms with Crippen LogP contribution in [-0.4, -0.2) is 38.3 Å². The lowest BCUT2D eigenvalue weighted by atomic mass is 9.97. The van der Waals surface area contributed by atoms with Crippen LogP contribution in [0, 0.1) is 5.92 Å². The summed E-state index contributed by atoms with van der Waals surface area (Å²) in [6.07, 6.45) is 1.05. The largest absolute Gasteiger partial charge is 0.494 e. The van der Waals surface area contributed by atoms with E-state index in [9.17, 15) is 13.2 Å². The molecule has 1 saturated heterocycles. The Labute approximate surface area is 170 Å². The maximum Gasteiger partial charge on any atom is 0.243 e. The third-order valence-electron chi connectivity index (χ3n) is 4.93. The summed E-state index contributed by atoms with van der Waals surface area (Å²) in [5, 5.41) is 5.03. The third kappa shape index (κ3) is 4.74. The lowest BCUT2D eigenvalue weighted by Gasteiger charge is -2.31. The number of sulfonamides is 1. The van der Waals surface area contributed by atoms with Crippen molar-refractivity contribution >= 4 is 27.3 Å². The molecule has 2 heterocycles. The Balaban J connectivity index is 1.57. The van der Waals surface area contributed by atoms with Gasteiger partial charge in [-0.15, -0.1) is 11.3 Å². The second-order valence-corrected chi connectivity index (χ2v) is 9.75. The van der Waals surface area contributed by atoms with E-state index in [1.54, 1.807) is 35.6 Å². The number of nitrogens with one attached hydrogen (secondary N) is 1. The molecule has 1 aromatic carbocycles. The number of hydrogen-bond acceptors (Lipinski definition) is 5. The Morgan fingerprint density at radius 1 is 1.25 bits per heavy atom. The molecule has 3 rings (SSSR count). The van der Waals surface area contributed by atoms with Gasteiger partial charge in [-0.3, -0.25) is 4.79 Å². The highest BCUT2D eigenvalue weighted by Crippen LogP contribution is 2.26. The highest BCUT2D eigenvalue weighted by molar-refractivity contribution is 7.89. The van der Waals surface area contributed by atoms with Gasteiger partial charge < -0.3 is 10.1 Å². The monoisotopic (exact) mass is 422 g/mol. The average Bonchev–Trinajstić information content (AvgIpc) is 3.24. The molecular formula is C20H26N2O4S2. The van der Waals surface area contributed by atoms with Gasteiger partial charge in [0.1, 0.15) is 5.75 Å². The maximum atomic E-state index is 12.9. The molecule has 6 nitrogen and oxygen atoms in total. The second-order valence-electron chi connectivity index (χ2n) is 6.83. The lowest BCUT2D eigenvalue weighted by molar-refractivity contribution is -0.126. The van der Waals surface area contributed by atoms with Gasteiger partial charge in [-0.2, -0.15) is 4.31 Å². The molecule has 0 spiro atoms. The molecule has 8 heteroatoms. The van der Waals surface area contributed by atoms with Crippen LogP contribution < -0.4 is 10.1 Å². The third-order valence-corrected chi connectivity index (χ3v) is 7.89. The van der Waals surface area contributed by atoms with Crippen LogP contribution in [-0.2, 0) is 14.8 Å². The second kappa shape index (κ2) is 9.07. The Kier molecular flexibility index (Phi) is 6.74. The smallest absolute Gasteiger partial charge is 0.243 e. The normalized spacial score (nSPS) is 17.2. The van der Waals surface area contributed by atoms with Crippen LogP contribution in [0.25, 0.3) is 0 Å². The zero-order valence-corrected chi connectivity index (χ0v) is 17.8. The van der Waals surface area contributed by atoms with Crippen molar-refractivity contribution in [2.24, 2.45) is 5.92 Å². The van der Waals surface area contributed by atoms with Crippen LogP contribution >= 0.6 is 11.3 Å². The molecule has 1 amide bonds. The number of ether oxygens (including phenoxy) is 1. The van der Waals surface area contributed by atoms with Gasteiger partial charge in [0, 0.05) is 23.9 Å². The van der Waals surface area contributed by atoms with Gasteiger partial charge in [0.25, 0.3) is 0 Å². The predicted octanol–water partition coefficient (Wildman–Crippen LogP) is 3.42. The highest BCUT2D eigenvalue weighted by atomic mass is 32.2. The number of amides is 1. The van der Waals surface area contributed by atoms with Crippen molar-refractivity contribution in [3.8, 4) is 5.75 Å². The quantitative estimate of drug-likeness (QED) is 0.742. The molecule has 28 heavy (non-hydrogen) atoms. The topological polar surface area (TPSA) is 75.7 Å². The molecule has 1 unspecified atom stereocenters. The summed E-state index contributed by atoms with van der Waals surface area (Å²) >= 11 is 1.61. The van der Waals surface area contributed by atoms with Crippen LogP contribution in [0.15, 0.2) is 46.7 Å². The van der Waals surface area contributed by atoms with Gasteiger partial charge in [0.2, 0.25) is 15.9 Å². The molecule has 0 saturated carbocycles. The minimum Gasteiger partial charge on any atom is -0.494 e. The number of hydrogen-bond donors (Lipinski definition) is 1. The van der Waals surface area contributed by atoms with E-state index >= 15 is 0 Å². The van der Waals surface area contributed by atoms with Crippen molar-refractivity contribution in [2.75, 3.05) is 19.7 Å². The molecule has 1 aliphatic heterocycles. The first-order chi connectivity index (χ1) is 13.4. The van der Waals surface area contributed by atoms with Gasteiger partial charge in [-0.05, 0) is 62.4 Å². The number of nitrogens with zero attached hydrogens (tertiary/aromatic N) is 1. The minimum atomic E-state index is -3.55. The fourth-order valence-electron chi connectivity index (χ4n) is 3.32. The summed E-state index contributed by atoms with van der Waals surface area (Å²) in [4.78, 5) is 13.9. The molecule has 0 radical (unpaired) electrons. The van der Waals surface area contributed by atoms with E-state index in [-0.39, 0.29) is 22.8 Å². The standard InChI is InChI=1S/C20H26N2O4S2/c1-3-26-17-6-8-18(9-7-17)28(24,25)22-12-10-16(11-13-22)20(23)21-15(2)19-5-4-14-27-19/h4-9,14-16H,3,10-13H2,1-2H3,(H,21,23). The van der Waals surface area contributed by atoms with E-state index < -0.39 is 10.0 Å². The van der Waals surface area contributed by atoms with Gasteiger partial charge in [-0.25, -0.2) is 8.42 Å². The van der Waals surface area contributed by atoms with Crippen LogP contribution in [0.2, 0.25) is 0 Å². The van der Waals surface area contributed by atoms with Crippen molar-refractivity contribution in [3.05, 3.63) is 46.7 Å². The number of carbonyl (C=O) groups is 1. The first-order valence-corrected chi connectivity index (χ1v) is 11.8. The van der Waals surface area contributed by atoms with E-state index in [0.717, 1.165) is 4.88 Å². The average molecular weight is 423 g/mol. The molecule has 1 atom stereocenters. The van der Waals surface area contributed by atoms with Crippen LogP contribution in [0.4, 0.5) is 0 Å². The van der Waals surface area contributed by atoms with Crippen molar-refractivity contribution in [3.63, 3.8) is 0 Å². The lowest BCUT2D eigenvalue weighted by Crippen LogP contribution is -2.43. The van der Waals surface area contributed by atoms with Crippen molar-refractivity contribution < 1.29 is 17.9 Å². The Bertz CT molecular complexity index is 871. The van der Waals surface area contributed by atoms with Gasteiger partial charge >= 0.3 is 0 Å². The SMILES string of the molecule is CCOc1ccc(S(=O)(=O)N2CCC(C(=O)NC(C)c3cccs3)CC2)cc1. The van der Waals surface area contributed by atoms with Gasteiger partial charge in [-0.1, -0.05) is 6.07 Å². The van der Waals surface area contributed by atoms with E-state index in [4.69, 9.17) is 4.74 Å². The number of rotatable bonds is 7. The predicted molar refractivity (Wildman–Crippen MR) is 110 cm³/mol. The van der Waals surface area contributed by atoms with Crippen LogP contribution in [0.1, 0.15) is 37.6 Å². The zero-order valence-electron chi connectivity index (χ0n) is 16.1. The molecule has 1 aliphatic rings. The number of carbonyl (C=O) groups excluding carboxylic acids is 1. The minimum absolute atomic E-state index is 0.000912. The highest BCUT2D eigenvalue weighted by Gasteiger charge is 2.32. The maximum absolute atomic E-state index is 12.9. The Hall–Kier alpha value is -1.90. The zero-order chi connectivity index (χ0) is 20.1. The Morgan fingerprint density at radius 2 is 1.93 bits per heavy atom. The van der Waals surface area contributed by atoms with Crippen molar-refractivity contribution in [2.45, 2.75) is 37.6 Å². The molecule has 1 aromatic heterocycles. The number of thiophene rings is 1. The van der Waals surface area contributed by atoms with Crippen LogP contribution in [0.3, 0.4) is 0 Å². The molecule has 2 aromatic rings. The fraction of sp³-hybridized carbons (Fsp3) is 0.450. The molecule has 1 N–H and O–H groups in total. The van der Waals surface area contributed by atoms with Gasteiger partial charge in [0.05, 0.1) is 17.5 Å². The summed E-state index contributed by atoms with van der Waals surface area (Å²) in [7, 11) is -3.55. The van der Waals surface area contributed by atoms with Crippen LogP contribution in [0.5, 0.6) is 5.75 Å². The summed E-state index contributed by atoms with van der Waals surface area (Å²) in [5.74, 6) is 0.491. The van der Waals surface area contributed by atoms with E-state index in [2.05, 4.69) is 5.32 Å². The summed E-state index contributed by atoms with van der Waals surface area (Å²) in [6.45, 7) is 5.08. The van der Waals surface area contributed by atoms with E-state index in [1.807, 2.05) is 31.4 Å². The van der Waals surface area contributed by atoms with E-state index in [0.29, 0.717) is 38.3 Å².